The summed E-state index contributed by atoms with van der Waals surface area (Å²) in [5.74, 6) is -0.255. The fourth-order valence-electron chi connectivity index (χ4n) is 2.30. The van der Waals surface area contributed by atoms with Gasteiger partial charge in [-0.05, 0) is 61.8 Å². The summed E-state index contributed by atoms with van der Waals surface area (Å²) in [4.78, 5) is 32.0. The first-order valence-corrected chi connectivity index (χ1v) is 14.5. The Morgan fingerprint density at radius 1 is 0.795 bits per heavy atom. The molecule has 2 N–H and O–H groups in total. The molecule has 1 unspecified atom stereocenters. The van der Waals surface area contributed by atoms with Crippen molar-refractivity contribution in [1.29, 1.82) is 0 Å². The van der Waals surface area contributed by atoms with Crippen LogP contribution in [0.15, 0.2) is 58.3 Å². The Morgan fingerprint density at radius 2 is 1.10 bits per heavy atom. The van der Waals surface area contributed by atoms with E-state index in [1.807, 2.05) is 27.7 Å². The highest BCUT2D eigenvalue weighted by Gasteiger charge is 2.24. The molecule has 0 bridgehead atoms. The van der Waals surface area contributed by atoms with Crippen LogP contribution in [0.5, 0.6) is 0 Å². The molecule has 1 fully saturated rings. The van der Waals surface area contributed by atoms with E-state index in [2.05, 4.69) is 71.7 Å². The predicted molar refractivity (Wildman–Crippen MR) is 174 cm³/mol. The molecule has 6 radical (unpaired) electrons. The second-order valence-corrected chi connectivity index (χ2v) is 8.24. The summed E-state index contributed by atoms with van der Waals surface area (Å²) < 4.78 is 9.99. The average molecular weight is 582 g/mol. The lowest BCUT2D eigenvalue weighted by Gasteiger charge is -1.99. The lowest BCUT2D eigenvalue weighted by molar-refractivity contribution is -0.119. The Bertz CT molecular complexity index is 790. The van der Waals surface area contributed by atoms with Gasteiger partial charge in [0, 0.05) is 43.7 Å². The molecule has 220 valence electrons. The van der Waals surface area contributed by atoms with Gasteiger partial charge in [-0.3, -0.25) is 10.1 Å². The topological polar surface area (TPSA) is 93.7 Å². The molecule has 0 saturated carbocycles. The van der Waals surface area contributed by atoms with Crippen molar-refractivity contribution in [2.75, 3.05) is 26.7 Å². The first-order chi connectivity index (χ1) is 17.8. The maximum atomic E-state index is 10.4. The third-order valence-electron chi connectivity index (χ3n) is 3.92. The molecule has 1 atom stereocenters. The van der Waals surface area contributed by atoms with E-state index in [9.17, 15) is 9.59 Å². The molecule has 1 aliphatic rings. The van der Waals surface area contributed by atoms with Crippen molar-refractivity contribution in [3.8, 4) is 0 Å². The van der Waals surface area contributed by atoms with Gasteiger partial charge >= 0.3 is 6.03 Å². The molecule has 2 aromatic carbocycles. The van der Waals surface area contributed by atoms with E-state index in [-0.39, 0.29) is 31.6 Å². The molecule has 11 heteroatoms. The standard InChI is InChI=1S/2C9H12OS.C4H6N2O2.C2H4O.2C2H6.2B.2H2/c2*1-10-7-8-3-5-9(11-2)6-4-8;1-2-3(7)6-4(8)5-2;1-2-3;2*1-2;;;;/h2*3-6H,7H2,1-2H3;2H,1H3,(H2,5,6,7,8);2H,1H3;2*1-2H3;;;2*1H/i;;;;;;;;2*1+1. The van der Waals surface area contributed by atoms with Gasteiger partial charge in [-0.15, -0.1) is 23.5 Å². The van der Waals surface area contributed by atoms with Crippen LogP contribution in [0.2, 0.25) is 0 Å². The number of amides is 3. The molecular weight excluding hydrogens is 530 g/mol. The maximum absolute atomic E-state index is 10.4. The van der Waals surface area contributed by atoms with Crippen LogP contribution >= 0.6 is 23.5 Å². The van der Waals surface area contributed by atoms with Crippen LogP contribution < -0.4 is 10.6 Å². The van der Waals surface area contributed by atoms with Crippen LogP contribution in [-0.4, -0.2) is 67.8 Å². The number of urea groups is 1. The first-order valence-electron chi connectivity index (χ1n) is 12.1. The zero-order chi connectivity index (χ0) is 29.1. The van der Waals surface area contributed by atoms with Gasteiger partial charge < -0.3 is 19.6 Å². The smallest absolute Gasteiger partial charge is 0.322 e. The van der Waals surface area contributed by atoms with E-state index in [4.69, 9.17) is 14.3 Å². The van der Waals surface area contributed by atoms with Gasteiger partial charge in [-0.2, -0.15) is 0 Å². The number of thioether (sulfide) groups is 2. The quantitative estimate of drug-likeness (QED) is 0.178. The summed E-state index contributed by atoms with van der Waals surface area (Å²) in [6.07, 6.45) is 4.90. The molecule has 0 aromatic heterocycles. The molecule has 1 saturated heterocycles. The van der Waals surface area contributed by atoms with Crippen molar-refractivity contribution >= 4 is 58.6 Å². The largest absolute Gasteiger partial charge is 0.380 e. The number of carbonyl (C=O) groups is 3. The maximum Gasteiger partial charge on any atom is 0.322 e. The summed E-state index contributed by atoms with van der Waals surface area (Å²) in [7, 11) is 3.42. The Morgan fingerprint density at radius 3 is 1.26 bits per heavy atom. The number of methoxy groups -OCH3 is 2. The Labute approximate surface area is 252 Å². The third-order valence-corrected chi connectivity index (χ3v) is 5.40. The predicted octanol–water partition coefficient (Wildman–Crippen LogP) is 6.31. The van der Waals surface area contributed by atoms with Crippen LogP contribution in [0.4, 0.5) is 4.79 Å². The van der Waals surface area contributed by atoms with Gasteiger partial charge in [-0.25, -0.2) is 4.79 Å². The summed E-state index contributed by atoms with van der Waals surface area (Å²) in [6, 6.07) is 16.1. The summed E-state index contributed by atoms with van der Waals surface area (Å²) in [5.41, 5.74) is 2.45. The number of hydrogen-bond acceptors (Lipinski definition) is 7. The van der Waals surface area contributed by atoms with E-state index in [1.54, 1.807) is 44.7 Å². The first kappa shape index (κ1) is 46.6. The minimum absolute atomic E-state index is 0. The van der Waals surface area contributed by atoms with Crippen LogP contribution in [0.1, 0.15) is 55.5 Å². The van der Waals surface area contributed by atoms with Gasteiger partial charge in [0.2, 0.25) is 5.91 Å². The van der Waals surface area contributed by atoms with E-state index in [0.29, 0.717) is 13.2 Å². The highest BCUT2D eigenvalue weighted by Crippen LogP contribution is 2.15. The highest BCUT2D eigenvalue weighted by atomic mass is 32.2. The van der Waals surface area contributed by atoms with Gasteiger partial charge in [-0.1, -0.05) is 52.0 Å². The number of carbonyl (C=O) groups excluding carboxylic acids is 3. The normalized spacial score (nSPS) is 11.9. The van der Waals surface area contributed by atoms with Crippen molar-refractivity contribution < 1.29 is 26.7 Å². The van der Waals surface area contributed by atoms with Crippen LogP contribution in [0.3, 0.4) is 0 Å². The van der Waals surface area contributed by atoms with Gasteiger partial charge in [0.05, 0.1) is 13.2 Å². The molecule has 1 heterocycles. The second kappa shape index (κ2) is 33.8. The van der Waals surface area contributed by atoms with E-state index < -0.39 is 6.03 Å². The third kappa shape index (κ3) is 25.8. The van der Waals surface area contributed by atoms with Crippen LogP contribution in [0.25, 0.3) is 0 Å². The van der Waals surface area contributed by atoms with Crippen molar-refractivity contribution in [3.05, 3.63) is 59.7 Å². The molecule has 3 amide bonds. The van der Waals surface area contributed by atoms with Crippen LogP contribution in [0, 0.1) is 0 Å². The SMILES string of the molecule is CC.CC.CC1NC(=O)NC1=O.CC=O.COCc1ccc(SC)cc1.COCc1ccc(SC)cc1.[2HH].[2HH].[B].[B]. The lowest BCUT2D eigenvalue weighted by Crippen LogP contribution is -2.24. The number of aldehydes is 1. The zero-order valence-corrected chi connectivity index (χ0v) is 26.8. The molecule has 2 aromatic rings. The monoisotopic (exact) mass is 582 g/mol. The van der Waals surface area contributed by atoms with E-state index in [1.165, 1.54) is 27.8 Å². The second-order valence-electron chi connectivity index (χ2n) is 6.48. The number of rotatable bonds is 6. The van der Waals surface area contributed by atoms with Crippen molar-refractivity contribution in [2.45, 2.75) is 70.6 Å². The highest BCUT2D eigenvalue weighted by molar-refractivity contribution is 7.98. The van der Waals surface area contributed by atoms with Gasteiger partial charge in [0.25, 0.3) is 0 Å². The number of hydrogen-bond donors (Lipinski definition) is 2. The summed E-state index contributed by atoms with van der Waals surface area (Å²) in [6.45, 7) is 12.5. The van der Waals surface area contributed by atoms with E-state index >= 15 is 0 Å². The number of imide groups is 1. The summed E-state index contributed by atoms with van der Waals surface area (Å²) in [5, 5.41) is 4.44. The fourth-order valence-corrected chi connectivity index (χ4v) is 3.11. The van der Waals surface area contributed by atoms with Gasteiger partial charge in [0.15, 0.2) is 0 Å². The fraction of sp³-hybridized carbons (Fsp3) is 0.464. The van der Waals surface area contributed by atoms with Crippen molar-refractivity contribution in [3.63, 3.8) is 0 Å². The molecule has 0 aliphatic carbocycles. The van der Waals surface area contributed by atoms with Crippen molar-refractivity contribution in [2.24, 2.45) is 0 Å². The van der Waals surface area contributed by atoms with Crippen LogP contribution in [-0.2, 0) is 32.3 Å². The van der Waals surface area contributed by atoms with Crippen molar-refractivity contribution in [1.82, 2.24) is 10.6 Å². The lowest BCUT2D eigenvalue weighted by atomic mass is 10.2. The minimum Gasteiger partial charge on any atom is -0.380 e. The Kier molecular flexibility index (Phi) is 40.5. The number of benzene rings is 2. The molecule has 1 aliphatic heterocycles. The average Bonchev–Trinajstić information content (AvgIpc) is 3.23. The molecule has 39 heavy (non-hydrogen) atoms. The molecule has 0 spiro atoms. The molecule has 3 rings (SSSR count). The number of ether oxygens (including phenoxy) is 2. The zero-order valence-electron chi connectivity index (χ0n) is 25.2. The Hall–Kier alpha value is -2.20. The Balaban J connectivity index is -0.0000000734. The minimum atomic E-state index is -0.400. The van der Waals surface area contributed by atoms with Gasteiger partial charge in [0.1, 0.15) is 12.3 Å². The summed E-state index contributed by atoms with van der Waals surface area (Å²) >= 11 is 3.51. The number of nitrogens with one attached hydrogen (secondary N) is 2. The molecular formula is C28H50B2N2O5S2. The molecule has 7 nitrogen and oxygen atoms in total. The van der Waals surface area contributed by atoms with E-state index in [0.717, 1.165) is 6.29 Å².